The Kier molecular flexibility index (Phi) is 4.93. The predicted molar refractivity (Wildman–Crippen MR) is 95.0 cm³/mol. The van der Waals surface area contributed by atoms with E-state index in [1.54, 1.807) is 29.5 Å². The van der Waals surface area contributed by atoms with Crippen LogP contribution in [0, 0.1) is 0 Å². The highest BCUT2D eigenvalue weighted by atomic mass is 35.5. The SMILES string of the molecule is NC(OCc1csc2c(Cl)cccc12)c1ccc(Cl)cc1Cl. The Morgan fingerprint density at radius 1 is 1.09 bits per heavy atom. The number of ether oxygens (including phenoxy) is 1. The molecule has 1 aromatic heterocycles. The van der Waals surface area contributed by atoms with Crippen LogP contribution in [0.2, 0.25) is 15.1 Å². The molecule has 0 bridgehead atoms. The van der Waals surface area contributed by atoms with Crippen LogP contribution >= 0.6 is 46.1 Å². The zero-order valence-electron chi connectivity index (χ0n) is 11.4. The van der Waals surface area contributed by atoms with Crippen molar-refractivity contribution in [3.8, 4) is 0 Å². The van der Waals surface area contributed by atoms with Gasteiger partial charge in [0.1, 0.15) is 6.23 Å². The largest absolute Gasteiger partial charge is 0.355 e. The molecule has 0 radical (unpaired) electrons. The number of halogens is 3. The minimum atomic E-state index is -0.612. The van der Waals surface area contributed by atoms with E-state index in [0.717, 1.165) is 20.7 Å². The van der Waals surface area contributed by atoms with E-state index in [1.807, 2.05) is 23.6 Å². The van der Waals surface area contributed by atoms with Gasteiger partial charge in [0.15, 0.2) is 0 Å². The fourth-order valence-corrected chi connectivity index (χ4v) is 3.97. The van der Waals surface area contributed by atoms with Gasteiger partial charge in [0.05, 0.1) is 16.3 Å². The highest BCUT2D eigenvalue weighted by Crippen LogP contribution is 2.33. The van der Waals surface area contributed by atoms with Crippen molar-refractivity contribution in [3.63, 3.8) is 0 Å². The van der Waals surface area contributed by atoms with Crippen LogP contribution in [-0.4, -0.2) is 0 Å². The van der Waals surface area contributed by atoms with Crippen molar-refractivity contribution in [1.29, 1.82) is 0 Å². The molecule has 1 unspecified atom stereocenters. The van der Waals surface area contributed by atoms with Crippen LogP contribution in [0.3, 0.4) is 0 Å². The first kappa shape index (κ1) is 16.1. The van der Waals surface area contributed by atoms with Crippen LogP contribution in [-0.2, 0) is 11.3 Å². The Bertz CT molecular complexity index is 818. The minimum Gasteiger partial charge on any atom is -0.355 e. The smallest absolute Gasteiger partial charge is 0.133 e. The molecule has 114 valence electrons. The summed E-state index contributed by atoms with van der Waals surface area (Å²) in [5, 5.41) is 4.94. The number of benzene rings is 2. The molecule has 2 N–H and O–H groups in total. The van der Waals surface area contributed by atoms with Gasteiger partial charge in [-0.2, -0.15) is 0 Å². The van der Waals surface area contributed by atoms with Gasteiger partial charge in [0.2, 0.25) is 0 Å². The molecule has 3 rings (SSSR count). The number of hydrogen-bond donors (Lipinski definition) is 1. The molecular formula is C16H12Cl3NOS. The maximum atomic E-state index is 6.18. The molecule has 1 heterocycles. The highest BCUT2D eigenvalue weighted by molar-refractivity contribution is 7.18. The van der Waals surface area contributed by atoms with Gasteiger partial charge >= 0.3 is 0 Å². The quantitative estimate of drug-likeness (QED) is 0.567. The second-order valence-electron chi connectivity index (χ2n) is 4.77. The van der Waals surface area contributed by atoms with Crippen molar-refractivity contribution in [2.75, 3.05) is 0 Å². The van der Waals surface area contributed by atoms with Crippen LogP contribution in [0.1, 0.15) is 17.4 Å². The second kappa shape index (κ2) is 6.75. The third-order valence-corrected chi connectivity index (χ3v) is 5.39. The Hall–Kier alpha value is -0.810. The van der Waals surface area contributed by atoms with Gasteiger partial charge in [-0.15, -0.1) is 11.3 Å². The Labute approximate surface area is 147 Å². The Morgan fingerprint density at radius 3 is 2.68 bits per heavy atom. The van der Waals surface area contributed by atoms with Gasteiger partial charge in [-0.05, 0) is 34.5 Å². The molecule has 0 amide bonds. The molecule has 0 spiro atoms. The molecule has 0 aliphatic carbocycles. The summed E-state index contributed by atoms with van der Waals surface area (Å²) in [5.74, 6) is 0. The lowest BCUT2D eigenvalue weighted by Crippen LogP contribution is -2.14. The minimum absolute atomic E-state index is 0.389. The van der Waals surface area contributed by atoms with E-state index < -0.39 is 6.23 Å². The van der Waals surface area contributed by atoms with Crippen molar-refractivity contribution in [2.45, 2.75) is 12.8 Å². The molecule has 0 saturated carbocycles. The lowest BCUT2D eigenvalue weighted by atomic mass is 10.2. The van der Waals surface area contributed by atoms with Crippen LogP contribution < -0.4 is 5.73 Å². The van der Waals surface area contributed by atoms with Crippen molar-refractivity contribution >= 4 is 56.2 Å². The maximum absolute atomic E-state index is 6.18. The van der Waals surface area contributed by atoms with Crippen molar-refractivity contribution in [2.24, 2.45) is 5.73 Å². The monoisotopic (exact) mass is 371 g/mol. The zero-order chi connectivity index (χ0) is 15.7. The fourth-order valence-electron chi connectivity index (χ4n) is 2.19. The van der Waals surface area contributed by atoms with Gasteiger partial charge in [-0.3, -0.25) is 0 Å². The topological polar surface area (TPSA) is 35.2 Å². The number of fused-ring (bicyclic) bond motifs is 1. The Balaban J connectivity index is 1.77. The molecule has 3 aromatic rings. The second-order valence-corrected chi connectivity index (χ2v) is 6.91. The van der Waals surface area contributed by atoms with Crippen molar-refractivity contribution in [1.82, 2.24) is 0 Å². The van der Waals surface area contributed by atoms with Gasteiger partial charge in [-0.25, -0.2) is 0 Å². The molecule has 0 fully saturated rings. The van der Waals surface area contributed by atoms with E-state index in [4.69, 9.17) is 45.3 Å². The first-order valence-corrected chi connectivity index (χ1v) is 8.54. The molecule has 1 atom stereocenters. The summed E-state index contributed by atoms with van der Waals surface area (Å²) in [6.45, 7) is 0.389. The van der Waals surface area contributed by atoms with E-state index in [2.05, 4.69) is 0 Å². The predicted octanol–water partition coefficient (Wildman–Crippen LogP) is 6.04. The summed E-state index contributed by atoms with van der Waals surface area (Å²) in [6, 6.07) is 11.0. The number of rotatable bonds is 4. The van der Waals surface area contributed by atoms with E-state index in [0.29, 0.717) is 22.2 Å². The van der Waals surface area contributed by atoms with Crippen LogP contribution in [0.25, 0.3) is 10.1 Å². The summed E-state index contributed by atoms with van der Waals surface area (Å²) in [6.07, 6.45) is -0.612. The third kappa shape index (κ3) is 3.25. The molecule has 6 heteroatoms. The molecule has 0 aliphatic rings. The van der Waals surface area contributed by atoms with E-state index in [-0.39, 0.29) is 0 Å². The van der Waals surface area contributed by atoms with Gasteiger partial charge in [0, 0.05) is 15.6 Å². The average molecular weight is 373 g/mol. The molecule has 0 saturated heterocycles. The van der Waals surface area contributed by atoms with Crippen LogP contribution in [0.5, 0.6) is 0 Å². The number of thiophene rings is 1. The molecule has 2 nitrogen and oxygen atoms in total. The van der Waals surface area contributed by atoms with Crippen LogP contribution in [0.4, 0.5) is 0 Å². The van der Waals surface area contributed by atoms with E-state index in [1.165, 1.54) is 0 Å². The van der Waals surface area contributed by atoms with Gasteiger partial charge in [-0.1, -0.05) is 53.0 Å². The summed E-state index contributed by atoms with van der Waals surface area (Å²) in [7, 11) is 0. The molecule has 2 aromatic carbocycles. The first-order chi connectivity index (χ1) is 10.6. The summed E-state index contributed by atoms with van der Waals surface area (Å²) < 4.78 is 6.81. The van der Waals surface area contributed by atoms with Crippen molar-refractivity contribution in [3.05, 3.63) is 68.0 Å². The molecular weight excluding hydrogens is 361 g/mol. The maximum Gasteiger partial charge on any atom is 0.133 e. The summed E-state index contributed by atoms with van der Waals surface area (Å²) in [5.41, 5.74) is 7.83. The fraction of sp³-hybridized carbons (Fsp3) is 0.125. The number of nitrogens with two attached hydrogens (primary N) is 1. The molecule has 0 aliphatic heterocycles. The summed E-state index contributed by atoms with van der Waals surface area (Å²) >= 11 is 19.8. The standard InChI is InChI=1S/C16H12Cl3NOS/c17-10-4-5-12(14(19)6-10)16(20)21-7-9-8-22-15-11(9)2-1-3-13(15)18/h1-6,8,16H,7,20H2. The van der Waals surface area contributed by atoms with Gasteiger partial charge < -0.3 is 10.5 Å². The van der Waals surface area contributed by atoms with E-state index >= 15 is 0 Å². The third-order valence-electron chi connectivity index (χ3n) is 3.32. The average Bonchev–Trinajstić information content (AvgIpc) is 2.89. The highest BCUT2D eigenvalue weighted by Gasteiger charge is 2.13. The molecule has 22 heavy (non-hydrogen) atoms. The van der Waals surface area contributed by atoms with Crippen molar-refractivity contribution < 1.29 is 4.74 Å². The zero-order valence-corrected chi connectivity index (χ0v) is 14.4. The first-order valence-electron chi connectivity index (χ1n) is 6.53. The van der Waals surface area contributed by atoms with Gasteiger partial charge in [0.25, 0.3) is 0 Å². The lowest BCUT2D eigenvalue weighted by Gasteiger charge is -2.15. The van der Waals surface area contributed by atoms with E-state index in [9.17, 15) is 0 Å². The lowest BCUT2D eigenvalue weighted by molar-refractivity contribution is 0.0450. The van der Waals surface area contributed by atoms with Crippen LogP contribution in [0.15, 0.2) is 41.8 Å². The number of hydrogen-bond acceptors (Lipinski definition) is 3. The summed E-state index contributed by atoms with van der Waals surface area (Å²) in [4.78, 5) is 0. The normalized spacial score (nSPS) is 12.7. The Morgan fingerprint density at radius 2 is 1.91 bits per heavy atom.